The lowest BCUT2D eigenvalue weighted by Crippen LogP contribution is -2.16. The van der Waals surface area contributed by atoms with Crippen LogP contribution < -0.4 is 14.4 Å². The van der Waals surface area contributed by atoms with Crippen LogP contribution in [-0.4, -0.2) is 30.6 Å². The second-order valence-corrected chi connectivity index (χ2v) is 6.02. The van der Waals surface area contributed by atoms with Crippen LogP contribution in [0.1, 0.15) is 30.1 Å². The van der Waals surface area contributed by atoms with Gasteiger partial charge in [-0.15, -0.1) is 0 Å². The van der Waals surface area contributed by atoms with Crippen molar-refractivity contribution in [1.29, 1.82) is 0 Å². The highest BCUT2D eigenvalue weighted by Crippen LogP contribution is 2.39. The predicted molar refractivity (Wildman–Crippen MR) is 83.5 cm³/mol. The van der Waals surface area contributed by atoms with Gasteiger partial charge in [-0.3, -0.25) is 0 Å². The quantitative estimate of drug-likeness (QED) is 0.821. The monoisotopic (exact) mass is 305 g/mol. The lowest BCUT2D eigenvalue weighted by atomic mass is 10.2. The number of aromatic nitrogens is 2. The van der Waals surface area contributed by atoms with E-state index in [9.17, 15) is 0 Å². The first kappa shape index (κ1) is 14.1. The highest BCUT2D eigenvalue weighted by molar-refractivity contribution is 7.09. The van der Waals surface area contributed by atoms with Gasteiger partial charge in [0.15, 0.2) is 0 Å². The van der Waals surface area contributed by atoms with E-state index in [4.69, 9.17) is 9.47 Å². The largest absolute Gasteiger partial charge is 0.497 e. The minimum Gasteiger partial charge on any atom is -0.497 e. The molecule has 0 bridgehead atoms. The van der Waals surface area contributed by atoms with Crippen LogP contribution >= 0.6 is 11.5 Å². The topological polar surface area (TPSA) is 47.5 Å². The van der Waals surface area contributed by atoms with Crippen molar-refractivity contribution >= 4 is 16.7 Å². The molecule has 1 aliphatic rings. The van der Waals surface area contributed by atoms with Gasteiger partial charge in [0.1, 0.15) is 17.3 Å². The molecule has 0 aliphatic heterocycles. The summed E-state index contributed by atoms with van der Waals surface area (Å²) in [6, 6.07) is 5.91. The zero-order valence-corrected chi connectivity index (χ0v) is 13.3. The maximum absolute atomic E-state index is 5.30. The van der Waals surface area contributed by atoms with E-state index in [0.717, 1.165) is 34.6 Å². The fourth-order valence-electron chi connectivity index (χ4n) is 2.19. The zero-order valence-electron chi connectivity index (χ0n) is 12.5. The third-order valence-corrected chi connectivity index (χ3v) is 4.38. The molecule has 1 aliphatic carbocycles. The highest BCUT2D eigenvalue weighted by Gasteiger charge is 2.28. The molecule has 3 rings (SSSR count). The maximum atomic E-state index is 5.30. The van der Waals surface area contributed by atoms with Crippen molar-refractivity contribution in [2.75, 3.05) is 26.2 Å². The SMILES string of the molecule is COc1cc(CN(C)c2nc(C3CC3)ns2)cc(OC)c1. The molecule has 0 atom stereocenters. The summed E-state index contributed by atoms with van der Waals surface area (Å²) in [6.45, 7) is 0.743. The molecule has 0 N–H and O–H groups in total. The number of methoxy groups -OCH3 is 2. The molecule has 21 heavy (non-hydrogen) atoms. The van der Waals surface area contributed by atoms with E-state index in [2.05, 4.69) is 14.3 Å². The Morgan fingerprint density at radius 3 is 2.43 bits per heavy atom. The minimum atomic E-state index is 0.598. The Hall–Kier alpha value is -1.82. The van der Waals surface area contributed by atoms with Crippen molar-refractivity contribution in [1.82, 2.24) is 9.36 Å². The van der Waals surface area contributed by atoms with Crippen LogP contribution in [0.15, 0.2) is 18.2 Å². The number of rotatable bonds is 6. The van der Waals surface area contributed by atoms with E-state index in [0.29, 0.717) is 5.92 Å². The van der Waals surface area contributed by atoms with Gasteiger partial charge in [-0.2, -0.15) is 4.37 Å². The second kappa shape index (κ2) is 5.89. The number of anilines is 1. The highest BCUT2D eigenvalue weighted by atomic mass is 32.1. The van der Waals surface area contributed by atoms with Crippen LogP contribution in [0.3, 0.4) is 0 Å². The zero-order chi connectivity index (χ0) is 14.8. The Labute approximate surface area is 128 Å². The molecule has 1 heterocycles. The predicted octanol–water partition coefficient (Wildman–Crippen LogP) is 3.07. The fraction of sp³-hybridized carbons (Fsp3) is 0.467. The summed E-state index contributed by atoms with van der Waals surface area (Å²) in [7, 11) is 5.35. The summed E-state index contributed by atoms with van der Waals surface area (Å²) in [5.41, 5.74) is 1.12. The number of ether oxygens (including phenoxy) is 2. The van der Waals surface area contributed by atoms with Gasteiger partial charge < -0.3 is 14.4 Å². The molecule has 1 fully saturated rings. The summed E-state index contributed by atoms with van der Waals surface area (Å²) in [6.07, 6.45) is 2.46. The average Bonchev–Trinajstić information content (AvgIpc) is 3.23. The normalized spacial score (nSPS) is 14.0. The molecule has 1 aromatic carbocycles. The van der Waals surface area contributed by atoms with Crippen molar-refractivity contribution in [3.8, 4) is 11.5 Å². The van der Waals surface area contributed by atoms with Gasteiger partial charge >= 0.3 is 0 Å². The second-order valence-electron chi connectivity index (χ2n) is 5.29. The van der Waals surface area contributed by atoms with E-state index in [1.54, 1.807) is 14.2 Å². The van der Waals surface area contributed by atoms with Crippen LogP contribution in [0.25, 0.3) is 0 Å². The van der Waals surface area contributed by atoms with Gasteiger partial charge in [-0.1, -0.05) is 0 Å². The van der Waals surface area contributed by atoms with E-state index in [-0.39, 0.29) is 0 Å². The Morgan fingerprint density at radius 1 is 1.19 bits per heavy atom. The smallest absolute Gasteiger partial charge is 0.205 e. The van der Waals surface area contributed by atoms with E-state index < -0.39 is 0 Å². The lowest BCUT2D eigenvalue weighted by Gasteiger charge is -2.16. The lowest BCUT2D eigenvalue weighted by molar-refractivity contribution is 0.393. The molecule has 1 aromatic heterocycles. The van der Waals surface area contributed by atoms with Crippen LogP contribution in [0.4, 0.5) is 5.13 Å². The number of nitrogens with zero attached hydrogens (tertiary/aromatic N) is 3. The summed E-state index contributed by atoms with van der Waals surface area (Å²) in [4.78, 5) is 6.73. The summed E-state index contributed by atoms with van der Waals surface area (Å²) < 4.78 is 15.1. The van der Waals surface area contributed by atoms with E-state index >= 15 is 0 Å². The standard InChI is InChI=1S/C15H19N3O2S/c1-18(15-16-14(17-21-15)11-4-5-11)9-10-6-12(19-2)8-13(7-10)20-3/h6-8,11H,4-5,9H2,1-3H3. The number of hydrogen-bond acceptors (Lipinski definition) is 6. The van der Waals surface area contributed by atoms with Crippen LogP contribution in [-0.2, 0) is 6.54 Å². The van der Waals surface area contributed by atoms with Crippen molar-refractivity contribution in [3.63, 3.8) is 0 Å². The van der Waals surface area contributed by atoms with Gasteiger partial charge in [0.25, 0.3) is 0 Å². The van der Waals surface area contributed by atoms with Crippen molar-refractivity contribution in [2.24, 2.45) is 0 Å². The molecule has 2 aromatic rings. The van der Waals surface area contributed by atoms with E-state index in [1.165, 1.54) is 24.4 Å². The first-order valence-electron chi connectivity index (χ1n) is 6.96. The summed E-state index contributed by atoms with van der Waals surface area (Å²) in [5, 5.41) is 0.957. The first-order chi connectivity index (χ1) is 10.2. The van der Waals surface area contributed by atoms with Crippen LogP contribution in [0.5, 0.6) is 11.5 Å². The molecule has 0 spiro atoms. The molecule has 6 heteroatoms. The molecule has 1 saturated carbocycles. The van der Waals surface area contributed by atoms with E-state index in [1.807, 2.05) is 25.2 Å². The van der Waals surface area contributed by atoms with Gasteiger partial charge in [0.2, 0.25) is 5.13 Å². The Bertz CT molecular complexity index is 603. The third-order valence-electron chi connectivity index (χ3n) is 3.53. The molecule has 0 saturated heterocycles. The molecular formula is C15H19N3O2S. The Balaban J connectivity index is 1.74. The molecular weight excluding hydrogens is 286 g/mol. The van der Waals surface area contributed by atoms with Gasteiger partial charge in [-0.05, 0) is 30.5 Å². The van der Waals surface area contributed by atoms with Crippen LogP contribution in [0.2, 0.25) is 0 Å². The van der Waals surface area contributed by atoms with Crippen molar-refractivity contribution in [3.05, 3.63) is 29.6 Å². The molecule has 0 unspecified atom stereocenters. The van der Waals surface area contributed by atoms with Gasteiger partial charge in [0.05, 0.1) is 14.2 Å². The van der Waals surface area contributed by atoms with Crippen molar-refractivity contribution in [2.45, 2.75) is 25.3 Å². The Kier molecular flexibility index (Phi) is 3.96. The fourth-order valence-corrected chi connectivity index (χ4v) is 2.89. The molecule has 112 valence electrons. The van der Waals surface area contributed by atoms with Crippen molar-refractivity contribution < 1.29 is 9.47 Å². The number of benzene rings is 1. The molecule has 0 amide bonds. The summed E-state index contributed by atoms with van der Waals surface area (Å²) >= 11 is 1.47. The van der Waals surface area contributed by atoms with Crippen LogP contribution in [0, 0.1) is 0 Å². The number of hydrogen-bond donors (Lipinski definition) is 0. The first-order valence-corrected chi connectivity index (χ1v) is 7.73. The average molecular weight is 305 g/mol. The Morgan fingerprint density at radius 2 is 1.86 bits per heavy atom. The minimum absolute atomic E-state index is 0.598. The summed E-state index contributed by atoms with van der Waals surface area (Å²) in [5.74, 6) is 3.20. The molecule has 0 radical (unpaired) electrons. The molecule has 5 nitrogen and oxygen atoms in total. The maximum Gasteiger partial charge on any atom is 0.205 e. The third kappa shape index (κ3) is 3.26. The van der Waals surface area contributed by atoms with Gasteiger partial charge in [-0.25, -0.2) is 4.98 Å². The van der Waals surface area contributed by atoms with Gasteiger partial charge in [0, 0.05) is 37.1 Å².